The van der Waals surface area contributed by atoms with E-state index >= 15 is 0 Å². The summed E-state index contributed by atoms with van der Waals surface area (Å²) in [5, 5.41) is 35.0. The predicted octanol–water partition coefficient (Wildman–Crippen LogP) is 2.94. The molecule has 0 aliphatic heterocycles. The van der Waals surface area contributed by atoms with Gasteiger partial charge >= 0.3 is 0 Å². The molecule has 33 heavy (non-hydrogen) atoms. The van der Waals surface area contributed by atoms with Crippen LogP contribution in [0.2, 0.25) is 0 Å². The summed E-state index contributed by atoms with van der Waals surface area (Å²) >= 11 is 0. The van der Waals surface area contributed by atoms with Gasteiger partial charge in [-0.15, -0.1) is 0 Å². The Labute approximate surface area is 194 Å². The van der Waals surface area contributed by atoms with Gasteiger partial charge in [-0.1, -0.05) is 80.1 Å². The van der Waals surface area contributed by atoms with Gasteiger partial charge < -0.3 is 24.8 Å². The van der Waals surface area contributed by atoms with Crippen molar-refractivity contribution in [1.29, 1.82) is 0 Å². The number of carbonyl (C=O) groups excluding carboxylic acids is 1. The zero-order chi connectivity index (χ0) is 23.5. The zero-order valence-corrected chi connectivity index (χ0v) is 18.8. The molecule has 2 aromatic carbocycles. The van der Waals surface area contributed by atoms with Crippen molar-refractivity contribution in [2.24, 2.45) is 5.92 Å². The molecule has 2 aliphatic rings. The third-order valence-electron chi connectivity index (χ3n) is 6.94. The van der Waals surface area contributed by atoms with Crippen molar-refractivity contribution in [2.45, 2.75) is 68.9 Å². The quantitative estimate of drug-likeness (QED) is 0.570. The van der Waals surface area contributed by atoms with Crippen molar-refractivity contribution in [2.75, 3.05) is 0 Å². The van der Waals surface area contributed by atoms with Crippen LogP contribution in [0, 0.1) is 5.92 Å². The Hall–Kier alpha value is -2.35. The Morgan fingerprint density at radius 3 is 2.09 bits per heavy atom. The van der Waals surface area contributed by atoms with E-state index in [0.717, 1.165) is 11.1 Å². The molecule has 4 rings (SSSR count). The highest BCUT2D eigenvalue weighted by Crippen LogP contribution is 2.50. The minimum atomic E-state index is -2.16. The molecule has 6 atom stereocenters. The number of benzene rings is 2. The van der Waals surface area contributed by atoms with Crippen LogP contribution in [0.25, 0.3) is 0 Å². The first-order chi connectivity index (χ1) is 15.9. The Balaban J connectivity index is 1.71. The molecular weight excluding hydrogens is 420 g/mol. The van der Waals surface area contributed by atoms with Crippen LogP contribution in [0.15, 0.2) is 72.8 Å². The number of fused-ring (bicyclic) bond motifs is 1. The van der Waals surface area contributed by atoms with Crippen molar-refractivity contribution in [3.8, 4) is 0 Å². The van der Waals surface area contributed by atoms with E-state index < -0.39 is 41.2 Å². The van der Waals surface area contributed by atoms with E-state index in [-0.39, 0.29) is 26.1 Å². The summed E-state index contributed by atoms with van der Waals surface area (Å²) in [6.07, 6.45) is 0.561. The van der Waals surface area contributed by atoms with Crippen LogP contribution in [-0.2, 0) is 27.5 Å². The highest BCUT2D eigenvalue weighted by atomic mass is 16.6. The average Bonchev–Trinajstić information content (AvgIpc) is 2.83. The van der Waals surface area contributed by atoms with E-state index in [9.17, 15) is 20.1 Å². The fraction of sp³-hybridized carbons (Fsp3) is 0.444. The normalized spacial score (nSPS) is 33.6. The highest BCUT2D eigenvalue weighted by molar-refractivity contribution is 5.99. The molecule has 6 nitrogen and oxygen atoms in total. The van der Waals surface area contributed by atoms with Crippen LogP contribution in [0.5, 0.6) is 0 Å². The lowest BCUT2D eigenvalue weighted by molar-refractivity contribution is -0.308. The number of aliphatic hydroxyl groups excluding tert-OH is 1. The Morgan fingerprint density at radius 2 is 1.52 bits per heavy atom. The minimum Gasteiger partial charge on any atom is -0.390 e. The van der Waals surface area contributed by atoms with Crippen LogP contribution >= 0.6 is 0 Å². The number of rotatable bonds is 8. The van der Waals surface area contributed by atoms with Crippen LogP contribution in [-0.4, -0.2) is 50.6 Å². The molecule has 2 aromatic rings. The molecule has 176 valence electrons. The summed E-state index contributed by atoms with van der Waals surface area (Å²) in [6.45, 7) is 2.21. The lowest BCUT2D eigenvalue weighted by Crippen LogP contribution is -2.78. The van der Waals surface area contributed by atoms with Gasteiger partial charge in [-0.25, -0.2) is 0 Å². The van der Waals surface area contributed by atoms with Gasteiger partial charge in [0.1, 0.15) is 17.8 Å². The molecule has 1 saturated carbocycles. The van der Waals surface area contributed by atoms with E-state index in [4.69, 9.17) is 9.47 Å². The standard InChI is InChI=1S/C27H32O6/c1-2-16-26(30)25(33-18-20-12-7-4-8-13-20)24(32-17-19-10-5-3-6-11-19)23(29)21-14-9-15-22(28)27(21,26)31/h3-13,15,21,23-25,29-31H,2,14,16-18H2,1H3/t21-,23+,24-,25+,26+,27-/m0/s1. The van der Waals surface area contributed by atoms with Crippen molar-refractivity contribution in [3.63, 3.8) is 0 Å². The molecule has 6 heteroatoms. The third kappa shape index (κ3) is 4.29. The summed E-state index contributed by atoms with van der Waals surface area (Å²) in [5.74, 6) is -1.51. The lowest BCUT2D eigenvalue weighted by atomic mass is 9.56. The number of allylic oxidation sites excluding steroid dienone is 1. The molecular formula is C27H32O6. The minimum absolute atomic E-state index is 0.122. The summed E-state index contributed by atoms with van der Waals surface area (Å²) in [4.78, 5) is 13.0. The molecule has 0 radical (unpaired) electrons. The Kier molecular flexibility index (Phi) is 7.12. The van der Waals surface area contributed by atoms with Gasteiger partial charge in [-0.2, -0.15) is 0 Å². The zero-order valence-electron chi connectivity index (χ0n) is 18.8. The van der Waals surface area contributed by atoms with Crippen molar-refractivity contribution in [3.05, 3.63) is 83.9 Å². The molecule has 0 heterocycles. The maximum atomic E-state index is 13.0. The van der Waals surface area contributed by atoms with E-state index in [0.29, 0.717) is 6.42 Å². The first-order valence-electron chi connectivity index (χ1n) is 11.6. The number of ether oxygens (including phenoxy) is 2. The van der Waals surface area contributed by atoms with Gasteiger partial charge in [0.05, 0.1) is 19.3 Å². The third-order valence-corrected chi connectivity index (χ3v) is 6.94. The fourth-order valence-corrected chi connectivity index (χ4v) is 5.28. The number of carbonyl (C=O) groups is 1. The molecule has 0 saturated heterocycles. The Morgan fingerprint density at radius 1 is 0.939 bits per heavy atom. The van der Waals surface area contributed by atoms with Crippen molar-refractivity contribution in [1.82, 2.24) is 0 Å². The largest absolute Gasteiger partial charge is 0.390 e. The van der Waals surface area contributed by atoms with E-state index in [1.165, 1.54) is 6.08 Å². The second-order valence-corrected chi connectivity index (χ2v) is 9.02. The molecule has 3 N–H and O–H groups in total. The molecule has 0 bridgehead atoms. The van der Waals surface area contributed by atoms with Gasteiger partial charge in [0, 0.05) is 5.92 Å². The first kappa shape index (κ1) is 23.8. The van der Waals surface area contributed by atoms with E-state index in [1.807, 2.05) is 67.6 Å². The second-order valence-electron chi connectivity index (χ2n) is 9.02. The molecule has 1 fully saturated rings. The van der Waals surface area contributed by atoms with Crippen LogP contribution in [0.1, 0.15) is 37.3 Å². The summed E-state index contributed by atoms with van der Waals surface area (Å²) in [7, 11) is 0. The molecule has 0 aromatic heterocycles. The van der Waals surface area contributed by atoms with Gasteiger partial charge in [-0.05, 0) is 30.0 Å². The van der Waals surface area contributed by atoms with Gasteiger partial charge in [0.2, 0.25) is 0 Å². The van der Waals surface area contributed by atoms with E-state index in [2.05, 4.69) is 0 Å². The fourth-order valence-electron chi connectivity index (χ4n) is 5.28. The number of hydrogen-bond acceptors (Lipinski definition) is 6. The number of aliphatic hydroxyl groups is 3. The lowest BCUT2D eigenvalue weighted by Gasteiger charge is -2.58. The van der Waals surface area contributed by atoms with Crippen LogP contribution < -0.4 is 0 Å². The summed E-state index contributed by atoms with van der Waals surface area (Å²) in [5.41, 5.74) is -2.31. The molecule has 0 amide bonds. The second kappa shape index (κ2) is 9.87. The molecule has 0 spiro atoms. The van der Waals surface area contributed by atoms with Gasteiger partial charge in [0.25, 0.3) is 0 Å². The van der Waals surface area contributed by atoms with Gasteiger partial charge in [0.15, 0.2) is 11.4 Å². The van der Waals surface area contributed by atoms with Crippen LogP contribution in [0.3, 0.4) is 0 Å². The summed E-state index contributed by atoms with van der Waals surface area (Å²) in [6, 6.07) is 19.0. The topological polar surface area (TPSA) is 96.2 Å². The average molecular weight is 453 g/mol. The van der Waals surface area contributed by atoms with Gasteiger partial charge in [-0.3, -0.25) is 4.79 Å². The SMILES string of the molecule is CCC[C@@]1(O)[C@H](OCc2ccccc2)[C@@H](OCc2ccccc2)[C@H](O)[C@@H]2CC=CC(=O)[C@@]21O. The van der Waals surface area contributed by atoms with Crippen molar-refractivity contribution >= 4 is 5.78 Å². The van der Waals surface area contributed by atoms with Crippen molar-refractivity contribution < 1.29 is 29.6 Å². The highest BCUT2D eigenvalue weighted by Gasteiger charge is 2.70. The Bertz CT molecular complexity index is 961. The first-order valence-corrected chi connectivity index (χ1v) is 11.6. The number of ketones is 1. The smallest absolute Gasteiger partial charge is 0.190 e. The number of hydrogen-bond donors (Lipinski definition) is 3. The maximum absolute atomic E-state index is 13.0. The monoisotopic (exact) mass is 452 g/mol. The van der Waals surface area contributed by atoms with Crippen LogP contribution in [0.4, 0.5) is 0 Å². The molecule has 2 aliphatic carbocycles. The maximum Gasteiger partial charge on any atom is 0.190 e. The van der Waals surface area contributed by atoms with E-state index in [1.54, 1.807) is 6.08 Å². The summed E-state index contributed by atoms with van der Waals surface area (Å²) < 4.78 is 12.4. The molecule has 0 unspecified atom stereocenters. The predicted molar refractivity (Wildman–Crippen MR) is 123 cm³/mol.